The molecule has 0 saturated heterocycles. The molecule has 74 valence electrons. The molecule has 0 aliphatic carbocycles. The highest BCUT2D eigenvalue weighted by Gasteiger charge is 1.97. The van der Waals surface area contributed by atoms with Crippen LogP contribution in [0.25, 0.3) is 16.8 Å². The highest BCUT2D eigenvalue weighted by molar-refractivity contribution is 5.93. The van der Waals surface area contributed by atoms with Gasteiger partial charge in [0.05, 0.1) is 0 Å². The van der Waals surface area contributed by atoms with Crippen LogP contribution in [0.5, 0.6) is 0 Å². The fourth-order valence-corrected chi connectivity index (χ4v) is 1.44. The van der Waals surface area contributed by atoms with E-state index in [1.54, 1.807) is 18.5 Å². The average molecular weight is 199 g/mol. The van der Waals surface area contributed by atoms with E-state index in [0.29, 0.717) is 0 Å². The number of nitrogens with zero attached hydrogens (tertiary/aromatic N) is 1. The number of fused-ring (bicyclic) bond motifs is 1. The molecule has 2 rings (SSSR count). The molecule has 0 atom stereocenters. The van der Waals surface area contributed by atoms with Gasteiger partial charge in [-0.05, 0) is 23.1 Å². The highest BCUT2D eigenvalue weighted by Crippen LogP contribution is 2.18. The van der Waals surface area contributed by atoms with Gasteiger partial charge < -0.3 is 5.11 Å². The van der Waals surface area contributed by atoms with E-state index in [0.717, 1.165) is 22.4 Å². The summed E-state index contributed by atoms with van der Waals surface area (Å²) in [5, 5.41) is 10.6. The van der Waals surface area contributed by atoms with E-state index in [2.05, 4.69) is 4.98 Å². The van der Waals surface area contributed by atoms with E-state index in [1.807, 2.05) is 24.3 Å². The minimum absolute atomic E-state index is 0.864. The maximum Gasteiger partial charge on any atom is 0.328 e. The van der Waals surface area contributed by atoms with Gasteiger partial charge in [-0.25, -0.2) is 4.79 Å². The first kappa shape index (κ1) is 9.40. The standard InChI is InChI=1S/C12H9NO2/c14-12(15)5-4-9-2-1-3-10-6-7-13-8-11(9)10/h1-8H,(H,14,15). The van der Waals surface area contributed by atoms with Gasteiger partial charge in [-0.3, -0.25) is 4.98 Å². The summed E-state index contributed by atoms with van der Waals surface area (Å²) in [6.45, 7) is 0. The SMILES string of the molecule is O=C(O)C=Cc1cccc2ccncc12. The van der Waals surface area contributed by atoms with Gasteiger partial charge in [-0.15, -0.1) is 0 Å². The molecule has 3 nitrogen and oxygen atoms in total. The molecule has 0 amide bonds. The molecule has 0 radical (unpaired) electrons. The molecule has 0 aliphatic heterocycles. The van der Waals surface area contributed by atoms with Gasteiger partial charge in [0.2, 0.25) is 0 Å². The van der Waals surface area contributed by atoms with E-state index < -0.39 is 5.97 Å². The first-order chi connectivity index (χ1) is 7.27. The van der Waals surface area contributed by atoms with Crippen molar-refractivity contribution in [1.29, 1.82) is 0 Å². The summed E-state index contributed by atoms with van der Waals surface area (Å²) in [6, 6.07) is 7.62. The number of carboxylic acid groups (broad SMARTS) is 1. The number of hydrogen-bond acceptors (Lipinski definition) is 2. The molecule has 0 unspecified atom stereocenters. The number of pyridine rings is 1. The lowest BCUT2D eigenvalue weighted by atomic mass is 10.1. The van der Waals surface area contributed by atoms with Gasteiger partial charge in [-0.2, -0.15) is 0 Å². The smallest absolute Gasteiger partial charge is 0.328 e. The summed E-state index contributed by atoms with van der Waals surface area (Å²) in [6.07, 6.45) is 6.15. The van der Waals surface area contributed by atoms with Crippen molar-refractivity contribution >= 4 is 22.8 Å². The average Bonchev–Trinajstić information content (AvgIpc) is 2.26. The first-order valence-electron chi connectivity index (χ1n) is 4.51. The van der Waals surface area contributed by atoms with Gasteiger partial charge in [0.1, 0.15) is 0 Å². The van der Waals surface area contributed by atoms with Gasteiger partial charge in [0.25, 0.3) is 0 Å². The van der Waals surface area contributed by atoms with Crippen molar-refractivity contribution in [2.24, 2.45) is 0 Å². The fourth-order valence-electron chi connectivity index (χ4n) is 1.44. The second-order valence-electron chi connectivity index (χ2n) is 3.12. The van der Waals surface area contributed by atoms with E-state index in [4.69, 9.17) is 5.11 Å². The number of aliphatic carboxylic acids is 1. The minimum atomic E-state index is -0.948. The van der Waals surface area contributed by atoms with Crippen LogP contribution < -0.4 is 0 Å². The van der Waals surface area contributed by atoms with Gasteiger partial charge in [0, 0.05) is 23.9 Å². The molecule has 0 spiro atoms. The second kappa shape index (κ2) is 3.92. The molecule has 1 heterocycles. The third kappa shape index (κ3) is 2.02. The molecular weight excluding hydrogens is 190 g/mol. The lowest BCUT2D eigenvalue weighted by molar-refractivity contribution is -0.131. The van der Waals surface area contributed by atoms with Crippen LogP contribution in [0.1, 0.15) is 5.56 Å². The molecule has 0 aliphatic rings. The number of aromatic nitrogens is 1. The summed E-state index contributed by atoms with van der Waals surface area (Å²) >= 11 is 0. The largest absolute Gasteiger partial charge is 0.478 e. The fraction of sp³-hybridized carbons (Fsp3) is 0. The van der Waals surface area contributed by atoms with Crippen LogP contribution in [-0.4, -0.2) is 16.1 Å². The molecule has 1 N–H and O–H groups in total. The zero-order valence-electron chi connectivity index (χ0n) is 7.92. The Morgan fingerprint density at radius 2 is 2.20 bits per heavy atom. The maximum absolute atomic E-state index is 10.4. The van der Waals surface area contributed by atoms with Crippen LogP contribution in [0, 0.1) is 0 Å². The van der Waals surface area contributed by atoms with E-state index in [-0.39, 0.29) is 0 Å². The highest BCUT2D eigenvalue weighted by atomic mass is 16.4. The van der Waals surface area contributed by atoms with Crippen LogP contribution in [0.15, 0.2) is 42.7 Å². The maximum atomic E-state index is 10.4. The van der Waals surface area contributed by atoms with Crippen molar-refractivity contribution < 1.29 is 9.90 Å². The Morgan fingerprint density at radius 3 is 3.00 bits per heavy atom. The molecule has 1 aromatic carbocycles. The Bertz CT molecular complexity index is 527. The zero-order valence-corrected chi connectivity index (χ0v) is 7.92. The van der Waals surface area contributed by atoms with Crippen molar-refractivity contribution in [3.8, 4) is 0 Å². The molecule has 15 heavy (non-hydrogen) atoms. The van der Waals surface area contributed by atoms with Crippen molar-refractivity contribution in [3.05, 3.63) is 48.3 Å². The summed E-state index contributed by atoms with van der Waals surface area (Å²) in [5.74, 6) is -0.948. The lowest BCUT2D eigenvalue weighted by Gasteiger charge is -2.00. The van der Waals surface area contributed by atoms with Crippen LogP contribution in [0.4, 0.5) is 0 Å². The Morgan fingerprint density at radius 1 is 1.33 bits per heavy atom. The Labute approximate surface area is 86.7 Å². The predicted octanol–water partition coefficient (Wildman–Crippen LogP) is 2.33. The second-order valence-corrected chi connectivity index (χ2v) is 3.12. The Hall–Kier alpha value is -2.16. The summed E-state index contributed by atoms with van der Waals surface area (Å²) in [5.41, 5.74) is 0.864. The molecule has 1 aromatic heterocycles. The van der Waals surface area contributed by atoms with Gasteiger partial charge in [-0.1, -0.05) is 18.2 Å². The number of carbonyl (C=O) groups is 1. The molecule has 0 fully saturated rings. The lowest BCUT2D eigenvalue weighted by Crippen LogP contribution is -1.86. The monoisotopic (exact) mass is 199 g/mol. The van der Waals surface area contributed by atoms with Crippen LogP contribution >= 0.6 is 0 Å². The Kier molecular flexibility index (Phi) is 2.46. The Balaban J connectivity index is 2.56. The van der Waals surface area contributed by atoms with Crippen molar-refractivity contribution in [3.63, 3.8) is 0 Å². The third-order valence-electron chi connectivity index (χ3n) is 2.12. The van der Waals surface area contributed by atoms with Crippen LogP contribution in [0.3, 0.4) is 0 Å². The summed E-state index contributed by atoms with van der Waals surface area (Å²) in [7, 11) is 0. The molecular formula is C12H9NO2. The summed E-state index contributed by atoms with van der Waals surface area (Å²) in [4.78, 5) is 14.4. The summed E-state index contributed by atoms with van der Waals surface area (Å²) < 4.78 is 0. The predicted molar refractivity (Wildman–Crippen MR) is 58.4 cm³/mol. The number of carboxylic acids is 1. The molecule has 3 heteroatoms. The van der Waals surface area contributed by atoms with Crippen molar-refractivity contribution in [2.45, 2.75) is 0 Å². The number of rotatable bonds is 2. The normalized spacial score (nSPS) is 10.9. The zero-order chi connectivity index (χ0) is 10.7. The van der Waals surface area contributed by atoms with E-state index in [1.165, 1.54) is 0 Å². The van der Waals surface area contributed by atoms with Gasteiger partial charge in [0.15, 0.2) is 0 Å². The topological polar surface area (TPSA) is 50.2 Å². The molecule has 0 saturated carbocycles. The number of hydrogen-bond donors (Lipinski definition) is 1. The molecule has 0 bridgehead atoms. The third-order valence-corrected chi connectivity index (χ3v) is 2.12. The van der Waals surface area contributed by atoms with Gasteiger partial charge >= 0.3 is 5.97 Å². The van der Waals surface area contributed by atoms with E-state index in [9.17, 15) is 4.79 Å². The van der Waals surface area contributed by atoms with E-state index >= 15 is 0 Å². The first-order valence-corrected chi connectivity index (χ1v) is 4.51. The minimum Gasteiger partial charge on any atom is -0.478 e. The van der Waals surface area contributed by atoms with Crippen molar-refractivity contribution in [1.82, 2.24) is 4.98 Å². The van der Waals surface area contributed by atoms with Crippen molar-refractivity contribution in [2.75, 3.05) is 0 Å². The molecule has 2 aromatic rings. The van der Waals surface area contributed by atoms with Crippen LogP contribution in [-0.2, 0) is 4.79 Å². The quantitative estimate of drug-likeness (QED) is 0.755. The number of benzene rings is 1. The van der Waals surface area contributed by atoms with Crippen LogP contribution in [0.2, 0.25) is 0 Å².